The fourth-order valence-corrected chi connectivity index (χ4v) is 2.26. The van der Waals surface area contributed by atoms with E-state index in [2.05, 4.69) is 0 Å². The van der Waals surface area contributed by atoms with Crippen molar-refractivity contribution >= 4 is 17.4 Å². The fourth-order valence-electron chi connectivity index (χ4n) is 2.26. The summed E-state index contributed by atoms with van der Waals surface area (Å²) in [6, 6.07) is 5.41. The molecule has 0 radical (unpaired) electrons. The molecule has 1 fully saturated rings. The van der Waals surface area contributed by atoms with E-state index in [4.69, 9.17) is 5.73 Å². The fraction of sp³-hybridized carbons (Fsp3) is 0.385. The minimum Gasteiger partial charge on any atom is -0.319 e. The maximum atomic E-state index is 12.1. The smallest absolute Gasteiger partial charge is 0.231 e. The van der Waals surface area contributed by atoms with Crippen LogP contribution in [0.2, 0.25) is 0 Å². The number of nitrogens with two attached hydrogens (primary N) is 1. The van der Waals surface area contributed by atoms with Gasteiger partial charge in [0.1, 0.15) is 0 Å². The molecular formula is C13H14N2O2. The van der Waals surface area contributed by atoms with Gasteiger partial charge in [-0.1, -0.05) is 0 Å². The van der Waals surface area contributed by atoms with Crippen LogP contribution in [0, 0.1) is 0 Å². The van der Waals surface area contributed by atoms with Crippen molar-refractivity contribution in [1.82, 2.24) is 0 Å². The number of hydrogen-bond donors (Lipinski definition) is 1. The number of carbonyl (C=O) groups excluding carboxylic acids is 2. The highest BCUT2D eigenvalue weighted by Crippen LogP contribution is 2.37. The summed E-state index contributed by atoms with van der Waals surface area (Å²) in [5.41, 5.74) is 7.71. The van der Waals surface area contributed by atoms with E-state index in [1.165, 1.54) is 0 Å². The van der Waals surface area contributed by atoms with Gasteiger partial charge in [-0.2, -0.15) is 0 Å². The van der Waals surface area contributed by atoms with Crippen LogP contribution in [0.3, 0.4) is 0 Å². The van der Waals surface area contributed by atoms with Gasteiger partial charge in [-0.25, -0.2) is 0 Å². The molecule has 1 amide bonds. The van der Waals surface area contributed by atoms with E-state index in [-0.39, 0.29) is 11.7 Å². The van der Waals surface area contributed by atoms with Crippen LogP contribution in [-0.2, 0) is 11.2 Å². The van der Waals surface area contributed by atoms with Crippen LogP contribution in [0.25, 0.3) is 0 Å². The van der Waals surface area contributed by atoms with Gasteiger partial charge in [-0.15, -0.1) is 0 Å². The second-order valence-electron chi connectivity index (χ2n) is 4.96. The largest absolute Gasteiger partial charge is 0.319 e. The summed E-state index contributed by atoms with van der Waals surface area (Å²) >= 11 is 0. The Hall–Kier alpha value is -1.68. The van der Waals surface area contributed by atoms with E-state index in [1.54, 1.807) is 18.0 Å². The summed E-state index contributed by atoms with van der Waals surface area (Å²) in [6.45, 7) is 0. The topological polar surface area (TPSA) is 63.4 Å². The molecule has 0 spiro atoms. The van der Waals surface area contributed by atoms with Crippen LogP contribution in [0.1, 0.15) is 28.8 Å². The monoisotopic (exact) mass is 230 g/mol. The van der Waals surface area contributed by atoms with Crippen molar-refractivity contribution < 1.29 is 9.59 Å². The SMILES string of the molecule is CN1C(=O)Cc2cc(C(=O)C3(N)CC3)ccc21. The minimum absolute atomic E-state index is 0.00213. The molecule has 1 heterocycles. The van der Waals surface area contributed by atoms with Crippen molar-refractivity contribution in [1.29, 1.82) is 0 Å². The van der Waals surface area contributed by atoms with Gasteiger partial charge in [0.05, 0.1) is 12.0 Å². The van der Waals surface area contributed by atoms with Crippen molar-refractivity contribution in [3.8, 4) is 0 Å². The molecule has 1 aromatic rings. The summed E-state index contributed by atoms with van der Waals surface area (Å²) in [5, 5.41) is 0. The molecule has 1 aliphatic heterocycles. The van der Waals surface area contributed by atoms with Crippen molar-refractivity contribution in [2.24, 2.45) is 5.73 Å². The Morgan fingerprint density at radius 2 is 2.12 bits per heavy atom. The lowest BCUT2D eigenvalue weighted by molar-refractivity contribution is -0.117. The second-order valence-corrected chi connectivity index (χ2v) is 4.96. The van der Waals surface area contributed by atoms with Gasteiger partial charge in [-0.3, -0.25) is 9.59 Å². The highest BCUT2D eigenvalue weighted by atomic mass is 16.2. The second kappa shape index (κ2) is 3.17. The molecule has 3 rings (SSSR count). The predicted octanol–water partition coefficient (Wildman–Crippen LogP) is 0.879. The molecule has 4 nitrogen and oxygen atoms in total. The van der Waals surface area contributed by atoms with Crippen molar-refractivity contribution in [2.75, 3.05) is 11.9 Å². The number of Topliss-reactive ketones (excluding diaryl/α,β-unsaturated/α-hetero) is 1. The van der Waals surface area contributed by atoms with Crippen LogP contribution in [0.5, 0.6) is 0 Å². The van der Waals surface area contributed by atoms with E-state index in [9.17, 15) is 9.59 Å². The van der Waals surface area contributed by atoms with Crippen LogP contribution in [0.4, 0.5) is 5.69 Å². The van der Waals surface area contributed by atoms with Gasteiger partial charge < -0.3 is 10.6 Å². The first kappa shape index (κ1) is 10.5. The molecular weight excluding hydrogens is 216 g/mol. The molecule has 0 bridgehead atoms. The number of fused-ring (bicyclic) bond motifs is 1. The molecule has 2 N–H and O–H groups in total. The van der Waals surface area contributed by atoms with Crippen LogP contribution in [0.15, 0.2) is 18.2 Å². The number of carbonyl (C=O) groups is 2. The predicted molar refractivity (Wildman–Crippen MR) is 64.0 cm³/mol. The van der Waals surface area contributed by atoms with Crippen molar-refractivity contribution in [3.63, 3.8) is 0 Å². The summed E-state index contributed by atoms with van der Waals surface area (Å²) in [6.07, 6.45) is 1.91. The lowest BCUT2D eigenvalue weighted by Crippen LogP contribution is -2.32. The average Bonchev–Trinajstić information content (AvgIpc) is 3.00. The van der Waals surface area contributed by atoms with Gasteiger partial charge in [0.2, 0.25) is 5.91 Å². The minimum atomic E-state index is -0.636. The third kappa shape index (κ3) is 1.48. The van der Waals surface area contributed by atoms with Gasteiger partial charge in [0, 0.05) is 18.3 Å². The molecule has 0 atom stereocenters. The van der Waals surface area contributed by atoms with Crippen molar-refractivity contribution in [3.05, 3.63) is 29.3 Å². The van der Waals surface area contributed by atoms with Gasteiger partial charge in [-0.05, 0) is 36.6 Å². The molecule has 0 unspecified atom stereocenters. The number of benzene rings is 1. The number of anilines is 1. The van der Waals surface area contributed by atoms with E-state index < -0.39 is 5.54 Å². The molecule has 4 heteroatoms. The Morgan fingerprint density at radius 3 is 2.76 bits per heavy atom. The van der Waals surface area contributed by atoms with Gasteiger partial charge in [0.25, 0.3) is 0 Å². The van der Waals surface area contributed by atoms with Gasteiger partial charge in [0.15, 0.2) is 5.78 Å². The number of nitrogens with zero attached hydrogens (tertiary/aromatic N) is 1. The number of likely N-dealkylation sites (N-methyl/N-ethyl adjacent to an activating group) is 1. The standard InChI is InChI=1S/C13H14N2O2/c1-15-10-3-2-8(6-9(10)7-11(15)16)12(17)13(14)4-5-13/h2-3,6H,4-5,7,14H2,1H3. The van der Waals surface area contributed by atoms with Gasteiger partial charge >= 0.3 is 0 Å². The third-order valence-electron chi connectivity index (χ3n) is 3.66. The zero-order valence-electron chi connectivity index (χ0n) is 9.69. The maximum Gasteiger partial charge on any atom is 0.231 e. The van der Waals surface area contributed by atoms with Crippen molar-refractivity contribution in [2.45, 2.75) is 24.8 Å². The van der Waals surface area contributed by atoms with E-state index in [1.807, 2.05) is 12.1 Å². The summed E-state index contributed by atoms with van der Waals surface area (Å²) in [5.74, 6) is 0.0702. The number of amides is 1. The normalized spacial score (nSPS) is 20.4. The number of ketones is 1. The zero-order chi connectivity index (χ0) is 12.2. The first-order chi connectivity index (χ1) is 8.01. The molecule has 88 valence electrons. The van der Waals surface area contributed by atoms with Crippen LogP contribution in [-0.4, -0.2) is 24.3 Å². The maximum absolute atomic E-state index is 12.1. The average molecular weight is 230 g/mol. The Morgan fingerprint density at radius 1 is 1.41 bits per heavy atom. The molecule has 2 aliphatic rings. The summed E-state index contributed by atoms with van der Waals surface area (Å²) in [7, 11) is 1.75. The lowest BCUT2D eigenvalue weighted by Gasteiger charge is -2.11. The molecule has 1 aliphatic carbocycles. The molecule has 17 heavy (non-hydrogen) atoms. The Kier molecular flexibility index (Phi) is 1.95. The quantitative estimate of drug-likeness (QED) is 0.767. The van der Waals surface area contributed by atoms with E-state index in [0.29, 0.717) is 12.0 Å². The summed E-state index contributed by atoms with van der Waals surface area (Å²) in [4.78, 5) is 25.2. The Balaban J connectivity index is 1.98. The Bertz CT molecular complexity index is 532. The summed E-state index contributed by atoms with van der Waals surface area (Å²) < 4.78 is 0. The number of rotatable bonds is 2. The molecule has 1 aromatic carbocycles. The Labute approximate surface area is 99.4 Å². The number of hydrogen-bond acceptors (Lipinski definition) is 3. The van der Waals surface area contributed by atoms with E-state index in [0.717, 1.165) is 24.1 Å². The van der Waals surface area contributed by atoms with Crippen LogP contribution < -0.4 is 10.6 Å². The highest BCUT2D eigenvalue weighted by molar-refractivity contribution is 6.07. The van der Waals surface area contributed by atoms with E-state index >= 15 is 0 Å². The van der Waals surface area contributed by atoms with Crippen LogP contribution >= 0.6 is 0 Å². The first-order valence-corrected chi connectivity index (χ1v) is 5.74. The highest BCUT2D eigenvalue weighted by Gasteiger charge is 2.46. The lowest BCUT2D eigenvalue weighted by atomic mass is 10.00. The molecule has 1 saturated carbocycles. The zero-order valence-corrected chi connectivity index (χ0v) is 9.69. The first-order valence-electron chi connectivity index (χ1n) is 5.74. The molecule has 0 saturated heterocycles. The molecule has 0 aromatic heterocycles. The third-order valence-corrected chi connectivity index (χ3v) is 3.66.